The molecule has 4 nitrogen and oxygen atoms in total. The van der Waals surface area contributed by atoms with Gasteiger partial charge in [0.25, 0.3) is 0 Å². The molecule has 0 amide bonds. The fourth-order valence-electron chi connectivity index (χ4n) is 0.773. The average Bonchev–Trinajstić information content (AvgIpc) is 2.10. The van der Waals surface area contributed by atoms with Crippen LogP contribution >= 0.6 is 27.5 Å². The number of methoxy groups -OCH3 is 1. The predicted octanol–water partition coefficient (Wildman–Crippen LogP) is 1.87. The largest absolute Gasteiger partial charge is 0.465 e. The summed E-state index contributed by atoms with van der Waals surface area (Å²) < 4.78 is 4.83. The fraction of sp³-hybridized carbons (Fsp3) is 0.143. The molecule has 1 aromatic heterocycles. The van der Waals surface area contributed by atoms with Crippen molar-refractivity contribution in [1.29, 1.82) is 0 Å². The van der Waals surface area contributed by atoms with Gasteiger partial charge in [-0.3, -0.25) is 0 Å². The number of hydrogen-bond donors (Lipinski definition) is 1. The Balaban J connectivity index is 3.28. The first kappa shape index (κ1) is 10.3. The second-order valence-electron chi connectivity index (χ2n) is 2.19. The minimum Gasteiger partial charge on any atom is -0.465 e. The Hall–Kier alpha value is -0.810. The molecule has 0 spiro atoms. The number of aromatic nitrogens is 1. The Morgan fingerprint density at radius 2 is 2.38 bits per heavy atom. The van der Waals surface area contributed by atoms with E-state index in [0.717, 1.165) is 0 Å². The molecule has 0 aromatic carbocycles. The van der Waals surface area contributed by atoms with Crippen LogP contribution in [-0.4, -0.2) is 18.1 Å². The van der Waals surface area contributed by atoms with Crippen molar-refractivity contribution in [3.05, 3.63) is 21.4 Å². The number of hydrogen-bond acceptors (Lipinski definition) is 4. The maximum absolute atomic E-state index is 11.1. The van der Waals surface area contributed by atoms with E-state index in [1.807, 2.05) is 0 Å². The Bertz CT molecular complexity index is 357. The summed E-state index contributed by atoms with van der Waals surface area (Å²) in [5.41, 5.74) is 5.98. The fourth-order valence-corrected chi connectivity index (χ4v) is 1.47. The van der Waals surface area contributed by atoms with E-state index in [-0.39, 0.29) is 16.4 Å². The number of rotatable bonds is 1. The van der Waals surface area contributed by atoms with E-state index in [4.69, 9.17) is 17.3 Å². The van der Waals surface area contributed by atoms with Crippen molar-refractivity contribution in [2.45, 2.75) is 0 Å². The van der Waals surface area contributed by atoms with Gasteiger partial charge >= 0.3 is 5.97 Å². The molecular formula is C7H6BrClN2O2. The topological polar surface area (TPSA) is 65.2 Å². The zero-order valence-corrected chi connectivity index (χ0v) is 9.02. The van der Waals surface area contributed by atoms with Gasteiger partial charge in [-0.2, -0.15) is 0 Å². The van der Waals surface area contributed by atoms with Crippen LogP contribution in [0, 0.1) is 0 Å². The summed E-state index contributed by atoms with van der Waals surface area (Å²) in [7, 11) is 1.27. The molecule has 6 heteroatoms. The molecule has 1 aromatic rings. The minimum atomic E-state index is -0.539. The smallest absolute Gasteiger partial charge is 0.340 e. The Morgan fingerprint density at radius 3 is 2.92 bits per heavy atom. The molecule has 0 fully saturated rings. The summed E-state index contributed by atoms with van der Waals surface area (Å²) >= 11 is 8.68. The highest BCUT2D eigenvalue weighted by Crippen LogP contribution is 2.24. The Labute approximate surface area is 88.2 Å². The SMILES string of the molecule is COC(=O)c1cc(Cl)nc(Br)c1N. The van der Waals surface area contributed by atoms with E-state index in [2.05, 4.69) is 25.7 Å². The molecule has 0 aliphatic rings. The normalized spacial score (nSPS) is 9.77. The zero-order valence-electron chi connectivity index (χ0n) is 6.67. The van der Waals surface area contributed by atoms with Crippen LogP contribution in [0.2, 0.25) is 5.15 Å². The summed E-state index contributed by atoms with van der Waals surface area (Å²) in [6, 6.07) is 1.35. The van der Waals surface area contributed by atoms with Gasteiger partial charge in [0.15, 0.2) is 0 Å². The quantitative estimate of drug-likeness (QED) is 0.622. The van der Waals surface area contributed by atoms with Crippen LogP contribution in [0.4, 0.5) is 5.69 Å². The van der Waals surface area contributed by atoms with Gasteiger partial charge in [-0.15, -0.1) is 0 Å². The van der Waals surface area contributed by atoms with Crippen LogP contribution in [0.25, 0.3) is 0 Å². The first-order valence-corrected chi connectivity index (χ1v) is 4.43. The highest BCUT2D eigenvalue weighted by molar-refractivity contribution is 9.10. The summed E-state index contributed by atoms with van der Waals surface area (Å²) in [6.45, 7) is 0. The number of halogens is 2. The highest BCUT2D eigenvalue weighted by atomic mass is 79.9. The molecule has 0 saturated heterocycles. The monoisotopic (exact) mass is 264 g/mol. The molecule has 0 unspecified atom stereocenters. The maximum atomic E-state index is 11.1. The lowest BCUT2D eigenvalue weighted by Crippen LogP contribution is -2.07. The molecule has 0 bridgehead atoms. The third-order valence-corrected chi connectivity index (χ3v) is 2.18. The van der Waals surface area contributed by atoms with Crippen molar-refractivity contribution >= 4 is 39.2 Å². The molecule has 0 radical (unpaired) electrons. The van der Waals surface area contributed by atoms with Crippen molar-refractivity contribution in [2.75, 3.05) is 12.8 Å². The third kappa shape index (κ3) is 2.10. The van der Waals surface area contributed by atoms with Gasteiger partial charge < -0.3 is 10.5 Å². The van der Waals surface area contributed by atoms with Crippen LogP contribution in [0.1, 0.15) is 10.4 Å². The van der Waals surface area contributed by atoms with Crippen molar-refractivity contribution in [3.8, 4) is 0 Å². The Morgan fingerprint density at radius 1 is 1.77 bits per heavy atom. The first-order chi connectivity index (χ1) is 6.06. The molecule has 1 heterocycles. The van der Waals surface area contributed by atoms with Gasteiger partial charge in [0.2, 0.25) is 0 Å². The number of esters is 1. The Kier molecular flexibility index (Phi) is 3.11. The van der Waals surface area contributed by atoms with E-state index in [1.54, 1.807) is 0 Å². The van der Waals surface area contributed by atoms with E-state index >= 15 is 0 Å². The predicted molar refractivity (Wildman–Crippen MR) is 52.7 cm³/mol. The van der Waals surface area contributed by atoms with Gasteiger partial charge in [0.1, 0.15) is 9.76 Å². The van der Waals surface area contributed by atoms with Gasteiger partial charge in [-0.05, 0) is 22.0 Å². The first-order valence-electron chi connectivity index (χ1n) is 3.26. The van der Waals surface area contributed by atoms with Crippen molar-refractivity contribution in [3.63, 3.8) is 0 Å². The molecule has 1 rings (SSSR count). The van der Waals surface area contributed by atoms with Crippen molar-refractivity contribution in [2.24, 2.45) is 0 Å². The molecule has 0 aliphatic carbocycles. The number of pyridine rings is 1. The lowest BCUT2D eigenvalue weighted by atomic mass is 10.2. The number of ether oxygens (including phenoxy) is 1. The molecule has 2 N–H and O–H groups in total. The zero-order chi connectivity index (χ0) is 10.0. The molecule has 0 atom stereocenters. The maximum Gasteiger partial charge on any atom is 0.340 e. The number of carbonyl (C=O) groups excluding carboxylic acids is 1. The third-order valence-electron chi connectivity index (χ3n) is 1.39. The second kappa shape index (κ2) is 3.93. The van der Waals surface area contributed by atoms with E-state index in [9.17, 15) is 4.79 Å². The van der Waals surface area contributed by atoms with Crippen molar-refractivity contribution < 1.29 is 9.53 Å². The van der Waals surface area contributed by atoms with Crippen molar-refractivity contribution in [1.82, 2.24) is 4.98 Å². The number of nitrogens with two attached hydrogens (primary N) is 1. The van der Waals surface area contributed by atoms with Crippen LogP contribution < -0.4 is 5.73 Å². The highest BCUT2D eigenvalue weighted by Gasteiger charge is 2.14. The van der Waals surface area contributed by atoms with E-state index in [1.165, 1.54) is 13.2 Å². The number of nitrogens with zero attached hydrogens (tertiary/aromatic N) is 1. The number of carbonyl (C=O) groups is 1. The molecule has 0 aliphatic heterocycles. The molecular weight excluding hydrogens is 259 g/mol. The number of nitrogen functional groups attached to an aromatic ring is 1. The summed E-state index contributed by atoms with van der Waals surface area (Å²) in [5, 5.41) is 0.182. The van der Waals surface area contributed by atoms with E-state index < -0.39 is 5.97 Å². The van der Waals surface area contributed by atoms with Gasteiger partial charge in [-0.25, -0.2) is 9.78 Å². The lowest BCUT2D eigenvalue weighted by molar-refractivity contribution is 0.0602. The van der Waals surface area contributed by atoms with Crippen LogP contribution in [0.3, 0.4) is 0 Å². The van der Waals surface area contributed by atoms with Crippen LogP contribution in [-0.2, 0) is 4.74 Å². The van der Waals surface area contributed by atoms with Gasteiger partial charge in [0.05, 0.1) is 18.4 Å². The molecule has 70 valence electrons. The number of anilines is 1. The lowest BCUT2D eigenvalue weighted by Gasteiger charge is -2.04. The minimum absolute atomic E-state index is 0.182. The summed E-state index contributed by atoms with van der Waals surface area (Å²) in [4.78, 5) is 14.9. The summed E-state index contributed by atoms with van der Waals surface area (Å²) in [6.07, 6.45) is 0. The standard InChI is InChI=1S/C7H6BrClN2O2/c1-13-7(12)3-2-4(9)11-6(8)5(3)10/h2H,10H2,1H3. The van der Waals surface area contributed by atoms with Gasteiger partial charge in [-0.1, -0.05) is 11.6 Å². The second-order valence-corrected chi connectivity index (χ2v) is 3.33. The van der Waals surface area contributed by atoms with E-state index in [0.29, 0.717) is 4.60 Å². The summed E-state index contributed by atoms with van der Waals surface area (Å²) in [5.74, 6) is -0.539. The van der Waals surface area contributed by atoms with Gasteiger partial charge in [0, 0.05) is 0 Å². The molecule has 13 heavy (non-hydrogen) atoms. The van der Waals surface area contributed by atoms with Crippen LogP contribution in [0.5, 0.6) is 0 Å². The average molecular weight is 265 g/mol. The molecule has 0 saturated carbocycles. The van der Waals surface area contributed by atoms with Crippen LogP contribution in [0.15, 0.2) is 10.7 Å².